The van der Waals surface area contributed by atoms with E-state index in [1.807, 2.05) is 20.8 Å². The first-order valence-electron chi connectivity index (χ1n) is 10.2. The molecule has 26 heavy (non-hydrogen) atoms. The lowest BCUT2D eigenvalue weighted by atomic mass is 9.66. The smallest absolute Gasteiger partial charge is 0.351 e. The average molecular weight is 364 g/mol. The van der Waals surface area contributed by atoms with Gasteiger partial charge in [0.25, 0.3) is 0 Å². The molecule has 4 rings (SSSR count). The first-order valence-corrected chi connectivity index (χ1v) is 10.2. The Bertz CT molecular complexity index is 657. The van der Waals surface area contributed by atoms with Gasteiger partial charge in [0.1, 0.15) is 11.7 Å². The second-order valence-corrected chi connectivity index (χ2v) is 9.79. The number of hydrogen-bond donors (Lipinski definition) is 0. The third-order valence-electron chi connectivity index (χ3n) is 8.48. The highest BCUT2D eigenvalue weighted by atomic mass is 16.7. The standard InChI is InChI=1S/C21H32O5/c1-6-7-8-10-20-14(9-11-19(20,5)26-20)24-16(23)21-13-12-18(4,15(22)25-21)17(21,2)3/h14H,6-13H2,1-5H3/t14-,18-,19-,20+,21+/m0/s1. The van der Waals surface area contributed by atoms with Gasteiger partial charge in [-0.25, -0.2) is 4.79 Å². The van der Waals surface area contributed by atoms with E-state index in [2.05, 4.69) is 13.8 Å². The molecule has 5 heteroatoms. The lowest BCUT2D eigenvalue weighted by Gasteiger charge is -2.36. The Balaban J connectivity index is 1.53. The molecule has 2 aliphatic heterocycles. The maximum atomic E-state index is 13.3. The molecule has 2 heterocycles. The number of unbranched alkanes of at least 4 members (excludes halogenated alkanes) is 2. The highest BCUT2D eigenvalue weighted by Gasteiger charge is 2.79. The van der Waals surface area contributed by atoms with Crippen molar-refractivity contribution in [3.05, 3.63) is 0 Å². The summed E-state index contributed by atoms with van der Waals surface area (Å²) in [7, 11) is 0. The van der Waals surface area contributed by atoms with E-state index < -0.39 is 16.4 Å². The number of ether oxygens (including phenoxy) is 3. The van der Waals surface area contributed by atoms with Crippen LogP contribution in [0.25, 0.3) is 0 Å². The SMILES string of the molecule is CCCCC[C@]12O[C@@]1(C)CC[C@@H]2OC(=O)[C@@]12CC[C@@](C)(C(=O)O1)C2(C)C. The molecule has 0 spiro atoms. The van der Waals surface area contributed by atoms with Crippen molar-refractivity contribution in [3.63, 3.8) is 0 Å². The van der Waals surface area contributed by atoms with Crippen LogP contribution < -0.4 is 0 Å². The van der Waals surface area contributed by atoms with Crippen molar-refractivity contribution in [2.75, 3.05) is 0 Å². The molecule has 0 aromatic carbocycles. The third-order valence-corrected chi connectivity index (χ3v) is 8.48. The van der Waals surface area contributed by atoms with Crippen LogP contribution in [0.3, 0.4) is 0 Å². The minimum Gasteiger partial charge on any atom is -0.456 e. The lowest BCUT2D eigenvalue weighted by Crippen LogP contribution is -2.51. The number of carbonyl (C=O) groups is 2. The van der Waals surface area contributed by atoms with E-state index in [9.17, 15) is 9.59 Å². The van der Waals surface area contributed by atoms with Gasteiger partial charge in [-0.05, 0) is 46.0 Å². The van der Waals surface area contributed by atoms with E-state index in [0.717, 1.165) is 38.5 Å². The van der Waals surface area contributed by atoms with Gasteiger partial charge in [0.2, 0.25) is 5.60 Å². The molecule has 0 amide bonds. The molecule has 0 unspecified atom stereocenters. The molecule has 2 bridgehead atoms. The molecule has 2 aliphatic carbocycles. The molecule has 0 radical (unpaired) electrons. The van der Waals surface area contributed by atoms with Crippen LogP contribution in [0.5, 0.6) is 0 Å². The molecule has 146 valence electrons. The molecule has 0 aromatic rings. The Morgan fingerprint density at radius 2 is 1.88 bits per heavy atom. The Morgan fingerprint density at radius 1 is 1.15 bits per heavy atom. The summed E-state index contributed by atoms with van der Waals surface area (Å²) in [6.07, 6.45) is 7.09. The fraction of sp³-hybridized carbons (Fsp3) is 0.905. The lowest BCUT2D eigenvalue weighted by molar-refractivity contribution is -0.189. The number of hydrogen-bond acceptors (Lipinski definition) is 5. The van der Waals surface area contributed by atoms with Gasteiger partial charge in [0.15, 0.2) is 0 Å². The van der Waals surface area contributed by atoms with Gasteiger partial charge in [0.05, 0.1) is 11.0 Å². The zero-order chi connectivity index (χ0) is 19.0. The summed E-state index contributed by atoms with van der Waals surface area (Å²) in [6, 6.07) is 0. The van der Waals surface area contributed by atoms with Crippen LogP contribution in [0, 0.1) is 10.8 Å². The summed E-state index contributed by atoms with van der Waals surface area (Å²) in [4.78, 5) is 25.7. The first-order chi connectivity index (χ1) is 12.1. The minimum atomic E-state index is -1.14. The van der Waals surface area contributed by atoms with Crippen molar-refractivity contribution in [1.82, 2.24) is 0 Å². The zero-order valence-corrected chi connectivity index (χ0v) is 16.8. The van der Waals surface area contributed by atoms with Crippen molar-refractivity contribution in [3.8, 4) is 0 Å². The van der Waals surface area contributed by atoms with Gasteiger partial charge in [-0.2, -0.15) is 0 Å². The van der Waals surface area contributed by atoms with Crippen molar-refractivity contribution in [2.24, 2.45) is 10.8 Å². The van der Waals surface area contributed by atoms with Crippen LogP contribution in [0.2, 0.25) is 0 Å². The van der Waals surface area contributed by atoms with Gasteiger partial charge in [-0.3, -0.25) is 4.79 Å². The van der Waals surface area contributed by atoms with Crippen LogP contribution in [-0.2, 0) is 23.8 Å². The second-order valence-electron chi connectivity index (χ2n) is 9.79. The monoisotopic (exact) mass is 364 g/mol. The number of carbonyl (C=O) groups excluding carboxylic acids is 2. The predicted molar refractivity (Wildman–Crippen MR) is 95.4 cm³/mol. The Morgan fingerprint density at radius 3 is 2.42 bits per heavy atom. The number of epoxide rings is 1. The molecule has 5 atom stereocenters. The molecule has 2 saturated heterocycles. The van der Waals surface area contributed by atoms with Crippen LogP contribution in [0.1, 0.15) is 86.0 Å². The minimum absolute atomic E-state index is 0.157. The average Bonchev–Trinajstić information content (AvgIpc) is 2.95. The second kappa shape index (κ2) is 5.24. The van der Waals surface area contributed by atoms with E-state index in [4.69, 9.17) is 14.2 Å². The Labute approximate surface area is 156 Å². The maximum absolute atomic E-state index is 13.3. The van der Waals surface area contributed by atoms with Gasteiger partial charge in [-0.1, -0.05) is 40.0 Å². The summed E-state index contributed by atoms with van der Waals surface area (Å²) in [5.74, 6) is -0.626. The third kappa shape index (κ3) is 1.91. The van der Waals surface area contributed by atoms with Crippen LogP contribution in [-0.4, -0.2) is 34.8 Å². The topological polar surface area (TPSA) is 65.1 Å². The largest absolute Gasteiger partial charge is 0.456 e. The van der Waals surface area contributed by atoms with Crippen molar-refractivity contribution in [1.29, 1.82) is 0 Å². The zero-order valence-electron chi connectivity index (χ0n) is 16.8. The molecular formula is C21H32O5. The molecule has 0 N–H and O–H groups in total. The fourth-order valence-corrected chi connectivity index (χ4v) is 5.88. The number of rotatable bonds is 6. The van der Waals surface area contributed by atoms with E-state index in [-0.39, 0.29) is 29.2 Å². The fourth-order valence-electron chi connectivity index (χ4n) is 5.88. The summed E-state index contributed by atoms with van der Waals surface area (Å²) >= 11 is 0. The molecule has 0 aromatic heterocycles. The van der Waals surface area contributed by atoms with Crippen LogP contribution >= 0.6 is 0 Å². The van der Waals surface area contributed by atoms with Crippen molar-refractivity contribution >= 4 is 11.9 Å². The van der Waals surface area contributed by atoms with E-state index in [1.165, 1.54) is 0 Å². The number of fused-ring (bicyclic) bond motifs is 3. The predicted octanol–water partition coefficient (Wildman–Crippen LogP) is 3.92. The quantitative estimate of drug-likeness (QED) is 0.406. The number of esters is 2. The van der Waals surface area contributed by atoms with Crippen LogP contribution in [0.4, 0.5) is 0 Å². The van der Waals surface area contributed by atoms with Crippen molar-refractivity contribution < 1.29 is 23.8 Å². The molecular weight excluding hydrogens is 332 g/mol. The summed E-state index contributed by atoms with van der Waals surface area (Å²) in [6.45, 7) is 10.2. The van der Waals surface area contributed by atoms with E-state index >= 15 is 0 Å². The summed E-state index contributed by atoms with van der Waals surface area (Å²) < 4.78 is 17.9. The molecule has 4 fully saturated rings. The Hall–Kier alpha value is -1.10. The Kier molecular flexibility index (Phi) is 3.68. The van der Waals surface area contributed by atoms with Crippen LogP contribution in [0.15, 0.2) is 0 Å². The van der Waals surface area contributed by atoms with Gasteiger partial charge >= 0.3 is 11.9 Å². The molecule has 5 nitrogen and oxygen atoms in total. The van der Waals surface area contributed by atoms with Gasteiger partial charge in [0, 0.05) is 5.41 Å². The first kappa shape index (κ1) is 18.3. The summed E-state index contributed by atoms with van der Waals surface area (Å²) in [5.41, 5.74) is -2.79. The highest BCUT2D eigenvalue weighted by molar-refractivity contribution is 5.93. The van der Waals surface area contributed by atoms with Crippen molar-refractivity contribution in [2.45, 2.75) is 109 Å². The van der Waals surface area contributed by atoms with Gasteiger partial charge in [-0.15, -0.1) is 0 Å². The van der Waals surface area contributed by atoms with E-state index in [1.54, 1.807) is 0 Å². The summed E-state index contributed by atoms with van der Waals surface area (Å²) in [5, 5.41) is 0. The normalized spacial score (nSPS) is 47.6. The maximum Gasteiger partial charge on any atom is 0.351 e. The van der Waals surface area contributed by atoms with E-state index in [0.29, 0.717) is 12.8 Å². The highest BCUT2D eigenvalue weighted by Crippen LogP contribution is 2.67. The molecule has 2 saturated carbocycles. The molecule has 4 aliphatic rings. The van der Waals surface area contributed by atoms with Gasteiger partial charge < -0.3 is 14.2 Å².